The lowest BCUT2D eigenvalue weighted by Gasteiger charge is -2.05. The number of hydrogen-bond acceptors (Lipinski definition) is 0. The van der Waals surface area contributed by atoms with Crippen molar-refractivity contribution >= 4 is 11.6 Å². The van der Waals surface area contributed by atoms with Crippen LogP contribution < -0.4 is 0 Å². The SMILES string of the molecule is CC(C)CCc1ccc[c]c1Cl. The minimum absolute atomic E-state index is 0.737. The van der Waals surface area contributed by atoms with Crippen molar-refractivity contribution in [3.8, 4) is 0 Å². The highest BCUT2D eigenvalue weighted by Gasteiger charge is 2.00. The molecule has 0 saturated carbocycles. The zero-order chi connectivity index (χ0) is 8.97. The summed E-state index contributed by atoms with van der Waals surface area (Å²) in [6.45, 7) is 4.45. The van der Waals surface area contributed by atoms with E-state index in [0.29, 0.717) is 0 Å². The standard InChI is InChI=1S/C11H14Cl/c1-9(2)7-8-10-5-3-4-6-11(10)12/h3-5,9H,7-8H2,1-2H3. The van der Waals surface area contributed by atoms with Crippen molar-refractivity contribution in [2.75, 3.05) is 0 Å². The van der Waals surface area contributed by atoms with Crippen LogP contribution in [0.2, 0.25) is 5.02 Å². The van der Waals surface area contributed by atoms with Gasteiger partial charge in [-0.1, -0.05) is 43.6 Å². The van der Waals surface area contributed by atoms with Gasteiger partial charge in [0.15, 0.2) is 0 Å². The van der Waals surface area contributed by atoms with E-state index in [1.54, 1.807) is 0 Å². The van der Waals surface area contributed by atoms with Crippen LogP contribution in [0, 0.1) is 12.0 Å². The first-order valence-electron chi connectivity index (χ1n) is 4.35. The summed E-state index contributed by atoms with van der Waals surface area (Å²) in [7, 11) is 0. The molecule has 1 aromatic carbocycles. The fraction of sp³-hybridized carbons (Fsp3) is 0.455. The van der Waals surface area contributed by atoms with Crippen LogP contribution in [0.3, 0.4) is 0 Å². The van der Waals surface area contributed by atoms with Gasteiger partial charge in [0, 0.05) is 6.07 Å². The highest BCUT2D eigenvalue weighted by Crippen LogP contribution is 2.17. The van der Waals surface area contributed by atoms with Gasteiger partial charge in [-0.25, -0.2) is 0 Å². The van der Waals surface area contributed by atoms with Crippen LogP contribution in [0.5, 0.6) is 0 Å². The maximum absolute atomic E-state index is 5.95. The number of halogens is 1. The van der Waals surface area contributed by atoms with Crippen LogP contribution in [-0.4, -0.2) is 0 Å². The minimum atomic E-state index is 0.737. The summed E-state index contributed by atoms with van der Waals surface area (Å²) in [5, 5.41) is 0.776. The van der Waals surface area contributed by atoms with E-state index < -0.39 is 0 Å². The van der Waals surface area contributed by atoms with Gasteiger partial charge < -0.3 is 0 Å². The third-order valence-corrected chi connectivity index (χ3v) is 2.23. The second-order valence-corrected chi connectivity index (χ2v) is 3.82. The summed E-state index contributed by atoms with van der Waals surface area (Å²) < 4.78 is 0. The molecule has 0 aliphatic rings. The van der Waals surface area contributed by atoms with Crippen molar-refractivity contribution in [3.63, 3.8) is 0 Å². The van der Waals surface area contributed by atoms with Gasteiger partial charge in [0.25, 0.3) is 0 Å². The van der Waals surface area contributed by atoms with E-state index in [1.807, 2.05) is 12.1 Å². The molecule has 0 nitrogen and oxygen atoms in total. The van der Waals surface area contributed by atoms with Crippen LogP contribution in [0.1, 0.15) is 25.8 Å². The molecule has 0 aliphatic carbocycles. The van der Waals surface area contributed by atoms with Crippen molar-refractivity contribution in [2.45, 2.75) is 26.7 Å². The maximum atomic E-state index is 5.95. The Morgan fingerprint density at radius 3 is 2.83 bits per heavy atom. The Kier molecular flexibility index (Phi) is 3.61. The average molecular weight is 182 g/mol. The van der Waals surface area contributed by atoms with Gasteiger partial charge in [-0.05, 0) is 24.3 Å². The first kappa shape index (κ1) is 9.60. The predicted octanol–water partition coefficient (Wildman–Crippen LogP) is 3.73. The molecule has 0 saturated heterocycles. The molecule has 0 aromatic heterocycles. The Morgan fingerprint density at radius 2 is 2.25 bits per heavy atom. The summed E-state index contributed by atoms with van der Waals surface area (Å²) in [6, 6.07) is 8.90. The predicted molar refractivity (Wildman–Crippen MR) is 53.4 cm³/mol. The van der Waals surface area contributed by atoms with Crippen molar-refractivity contribution in [1.82, 2.24) is 0 Å². The molecule has 0 heterocycles. The number of hydrogen-bond donors (Lipinski definition) is 0. The zero-order valence-corrected chi connectivity index (χ0v) is 8.36. The third-order valence-electron chi connectivity index (χ3n) is 1.88. The van der Waals surface area contributed by atoms with Crippen molar-refractivity contribution in [2.24, 2.45) is 5.92 Å². The minimum Gasteiger partial charge on any atom is -0.0834 e. The Bertz CT molecular complexity index is 241. The highest BCUT2D eigenvalue weighted by molar-refractivity contribution is 6.31. The second kappa shape index (κ2) is 4.51. The van der Waals surface area contributed by atoms with Gasteiger partial charge in [0.2, 0.25) is 0 Å². The second-order valence-electron chi connectivity index (χ2n) is 3.44. The van der Waals surface area contributed by atoms with Crippen LogP contribution >= 0.6 is 11.6 Å². The van der Waals surface area contributed by atoms with Crippen molar-refractivity contribution in [1.29, 1.82) is 0 Å². The molecule has 0 amide bonds. The third kappa shape index (κ3) is 2.86. The van der Waals surface area contributed by atoms with Crippen LogP contribution in [-0.2, 0) is 6.42 Å². The summed E-state index contributed by atoms with van der Waals surface area (Å²) >= 11 is 5.95. The molecule has 1 rings (SSSR count). The van der Waals surface area contributed by atoms with E-state index in [9.17, 15) is 0 Å². The number of aryl methyl sites for hydroxylation is 1. The smallest absolute Gasteiger partial charge is 0.0516 e. The molecule has 0 fully saturated rings. The van der Waals surface area contributed by atoms with Gasteiger partial charge in [0.05, 0.1) is 5.02 Å². The zero-order valence-electron chi connectivity index (χ0n) is 7.60. The molecule has 0 atom stereocenters. The summed E-state index contributed by atoms with van der Waals surface area (Å²) in [5.74, 6) is 0.737. The molecule has 0 unspecified atom stereocenters. The maximum Gasteiger partial charge on any atom is 0.0516 e. The molecule has 1 heteroatoms. The first-order chi connectivity index (χ1) is 5.70. The molecular formula is C11H14Cl. The van der Waals surface area contributed by atoms with Crippen molar-refractivity contribution in [3.05, 3.63) is 34.9 Å². The molecule has 0 bridgehead atoms. The summed E-state index contributed by atoms with van der Waals surface area (Å²) in [5.41, 5.74) is 1.22. The lowest BCUT2D eigenvalue weighted by Crippen LogP contribution is -1.92. The van der Waals surface area contributed by atoms with Gasteiger partial charge in [0.1, 0.15) is 0 Å². The van der Waals surface area contributed by atoms with Gasteiger partial charge in [-0.15, -0.1) is 0 Å². The van der Waals surface area contributed by atoms with E-state index in [0.717, 1.165) is 17.4 Å². The van der Waals surface area contributed by atoms with Gasteiger partial charge in [-0.2, -0.15) is 0 Å². The Balaban J connectivity index is 2.57. The fourth-order valence-corrected chi connectivity index (χ4v) is 1.31. The molecule has 1 radical (unpaired) electrons. The molecule has 0 N–H and O–H groups in total. The van der Waals surface area contributed by atoms with Crippen LogP contribution in [0.15, 0.2) is 18.2 Å². The molecule has 1 aromatic rings. The van der Waals surface area contributed by atoms with E-state index in [-0.39, 0.29) is 0 Å². The molecule has 0 spiro atoms. The number of rotatable bonds is 3. The normalized spacial score (nSPS) is 10.7. The largest absolute Gasteiger partial charge is 0.0834 e. The molecule has 65 valence electrons. The average Bonchev–Trinajstić information content (AvgIpc) is 2.03. The highest BCUT2D eigenvalue weighted by atomic mass is 35.5. The topological polar surface area (TPSA) is 0 Å². The first-order valence-corrected chi connectivity index (χ1v) is 4.73. The quantitative estimate of drug-likeness (QED) is 0.667. The lowest BCUT2D eigenvalue weighted by atomic mass is 10.0. The van der Waals surface area contributed by atoms with Gasteiger partial charge in [-0.3, -0.25) is 0 Å². The Morgan fingerprint density at radius 1 is 1.50 bits per heavy atom. The van der Waals surface area contributed by atoms with E-state index >= 15 is 0 Å². The molecular weight excluding hydrogens is 168 g/mol. The number of benzene rings is 1. The van der Waals surface area contributed by atoms with E-state index in [1.165, 1.54) is 12.0 Å². The molecule has 12 heavy (non-hydrogen) atoms. The Hall–Kier alpha value is -0.490. The molecule has 0 aliphatic heterocycles. The fourth-order valence-electron chi connectivity index (χ4n) is 1.09. The Labute approximate surface area is 79.6 Å². The monoisotopic (exact) mass is 181 g/mol. The van der Waals surface area contributed by atoms with Crippen LogP contribution in [0.25, 0.3) is 0 Å². The van der Waals surface area contributed by atoms with E-state index in [2.05, 4.69) is 26.0 Å². The van der Waals surface area contributed by atoms with Crippen LogP contribution in [0.4, 0.5) is 0 Å². The van der Waals surface area contributed by atoms with Crippen molar-refractivity contribution < 1.29 is 0 Å². The summed E-state index contributed by atoms with van der Waals surface area (Å²) in [4.78, 5) is 0. The van der Waals surface area contributed by atoms with Gasteiger partial charge >= 0.3 is 0 Å². The van der Waals surface area contributed by atoms with E-state index in [4.69, 9.17) is 11.6 Å². The lowest BCUT2D eigenvalue weighted by molar-refractivity contribution is 0.587. The summed E-state index contributed by atoms with van der Waals surface area (Å²) in [6.07, 6.45) is 2.26.